The summed E-state index contributed by atoms with van der Waals surface area (Å²) in [5.41, 5.74) is -1.18. The van der Waals surface area contributed by atoms with Gasteiger partial charge in [0.25, 0.3) is 0 Å². The monoisotopic (exact) mass is 257 g/mol. The molecule has 0 aromatic heterocycles. The van der Waals surface area contributed by atoms with Gasteiger partial charge in [-0.25, -0.2) is 4.79 Å². The molecular weight excluding hydrogens is 243 g/mol. The van der Waals surface area contributed by atoms with Crippen LogP contribution in [0.3, 0.4) is 0 Å². The molecule has 1 rings (SSSR count). The van der Waals surface area contributed by atoms with E-state index in [2.05, 4.69) is 0 Å². The van der Waals surface area contributed by atoms with Gasteiger partial charge >= 0.3 is 12.3 Å². The van der Waals surface area contributed by atoms with Crippen LogP contribution in [0.25, 0.3) is 0 Å². The predicted octanol–water partition coefficient (Wildman–Crippen LogP) is 1.41. The Labute approximate surface area is 95.8 Å². The van der Waals surface area contributed by atoms with Crippen LogP contribution in [-0.2, 0) is 4.74 Å². The number of nitrogens with zero attached hydrogens (tertiary/aromatic N) is 1. The van der Waals surface area contributed by atoms with Gasteiger partial charge in [-0.3, -0.25) is 4.90 Å². The van der Waals surface area contributed by atoms with Crippen molar-refractivity contribution in [2.24, 2.45) is 0 Å². The fourth-order valence-corrected chi connectivity index (χ4v) is 1.84. The maximum absolute atomic E-state index is 12.2. The van der Waals surface area contributed by atoms with Gasteiger partial charge in [0.05, 0.1) is 12.6 Å². The average molecular weight is 257 g/mol. The van der Waals surface area contributed by atoms with E-state index in [1.54, 1.807) is 0 Å². The van der Waals surface area contributed by atoms with Gasteiger partial charge in [-0.1, -0.05) is 0 Å². The average Bonchev–Trinajstić information content (AvgIpc) is 2.39. The maximum Gasteiger partial charge on any atom is 0.414 e. The number of carboxylic acid groups (broad SMARTS) is 1. The second-order valence-corrected chi connectivity index (χ2v) is 4.36. The summed E-state index contributed by atoms with van der Waals surface area (Å²) in [5.74, 6) is 0. The zero-order valence-corrected chi connectivity index (χ0v) is 9.36. The van der Waals surface area contributed by atoms with E-state index >= 15 is 0 Å². The molecule has 5 nitrogen and oxygen atoms in total. The first-order valence-electron chi connectivity index (χ1n) is 4.96. The standard InChI is InChI=1S/C9H14F3NO4/c1-8(2)13(7(15)16)5(4-17-8)3-6(14)9(10,11)12/h5-6,14H,3-4H2,1-2H3,(H,15,16). The van der Waals surface area contributed by atoms with Gasteiger partial charge in [0.1, 0.15) is 5.72 Å². The van der Waals surface area contributed by atoms with Gasteiger partial charge < -0.3 is 14.9 Å². The van der Waals surface area contributed by atoms with E-state index in [9.17, 15) is 18.0 Å². The molecule has 2 atom stereocenters. The van der Waals surface area contributed by atoms with Crippen LogP contribution in [0.5, 0.6) is 0 Å². The van der Waals surface area contributed by atoms with Crippen molar-refractivity contribution in [1.29, 1.82) is 0 Å². The Kier molecular flexibility index (Phi) is 3.58. The van der Waals surface area contributed by atoms with Crippen LogP contribution < -0.4 is 0 Å². The smallest absolute Gasteiger partial charge is 0.414 e. The van der Waals surface area contributed by atoms with Crippen LogP contribution >= 0.6 is 0 Å². The first kappa shape index (κ1) is 14.0. The Morgan fingerprint density at radius 3 is 2.53 bits per heavy atom. The number of halogens is 3. The number of hydrogen-bond donors (Lipinski definition) is 2. The second kappa shape index (κ2) is 4.34. The molecule has 0 saturated carbocycles. The van der Waals surface area contributed by atoms with Crippen molar-refractivity contribution in [3.63, 3.8) is 0 Å². The zero-order chi connectivity index (χ0) is 13.4. The van der Waals surface area contributed by atoms with Crippen LogP contribution in [0, 0.1) is 0 Å². The molecule has 8 heteroatoms. The molecule has 0 aliphatic carbocycles. The van der Waals surface area contributed by atoms with E-state index in [0.29, 0.717) is 0 Å². The highest BCUT2D eigenvalue weighted by molar-refractivity contribution is 5.66. The Morgan fingerprint density at radius 1 is 1.59 bits per heavy atom. The minimum absolute atomic E-state index is 0.160. The second-order valence-electron chi connectivity index (χ2n) is 4.36. The quantitative estimate of drug-likeness (QED) is 0.784. The van der Waals surface area contributed by atoms with Crippen molar-refractivity contribution >= 4 is 6.09 Å². The lowest BCUT2D eigenvalue weighted by Gasteiger charge is -2.31. The van der Waals surface area contributed by atoms with E-state index in [1.807, 2.05) is 0 Å². The summed E-state index contributed by atoms with van der Waals surface area (Å²) in [6.45, 7) is 2.73. The summed E-state index contributed by atoms with van der Waals surface area (Å²) in [6, 6.07) is -1.00. The van der Waals surface area contributed by atoms with Gasteiger partial charge in [0.2, 0.25) is 0 Å². The highest BCUT2D eigenvalue weighted by Crippen LogP contribution is 2.32. The topological polar surface area (TPSA) is 70.0 Å². The molecule has 2 N–H and O–H groups in total. The van der Waals surface area contributed by atoms with Crippen molar-refractivity contribution in [2.45, 2.75) is 44.3 Å². The summed E-state index contributed by atoms with van der Waals surface area (Å²) in [5, 5.41) is 17.8. The number of hydrogen-bond acceptors (Lipinski definition) is 3. The number of amides is 1. The molecule has 1 saturated heterocycles. The molecule has 1 aliphatic heterocycles. The number of carbonyl (C=O) groups is 1. The first-order chi connectivity index (χ1) is 7.55. The fourth-order valence-electron chi connectivity index (χ4n) is 1.84. The van der Waals surface area contributed by atoms with Gasteiger partial charge in [-0.05, 0) is 13.8 Å². The van der Waals surface area contributed by atoms with Crippen molar-refractivity contribution in [1.82, 2.24) is 4.90 Å². The van der Waals surface area contributed by atoms with Crippen molar-refractivity contribution in [2.75, 3.05) is 6.61 Å². The molecule has 1 aliphatic rings. The molecular formula is C9H14F3NO4. The number of aliphatic hydroxyl groups is 1. The molecule has 1 amide bonds. The lowest BCUT2D eigenvalue weighted by Crippen LogP contribution is -2.49. The molecule has 100 valence electrons. The maximum atomic E-state index is 12.2. The van der Waals surface area contributed by atoms with E-state index in [0.717, 1.165) is 4.90 Å². The normalized spacial score (nSPS) is 26.0. The zero-order valence-electron chi connectivity index (χ0n) is 9.36. The van der Waals surface area contributed by atoms with Crippen LogP contribution in [0.2, 0.25) is 0 Å². The number of alkyl halides is 3. The first-order valence-corrected chi connectivity index (χ1v) is 4.96. The van der Waals surface area contributed by atoms with Gasteiger partial charge in [0, 0.05) is 6.42 Å². The summed E-state index contributed by atoms with van der Waals surface area (Å²) >= 11 is 0. The number of aliphatic hydroxyl groups excluding tert-OH is 1. The Bertz CT molecular complexity index is 305. The van der Waals surface area contributed by atoms with Gasteiger partial charge in [-0.2, -0.15) is 13.2 Å². The van der Waals surface area contributed by atoms with Gasteiger partial charge in [-0.15, -0.1) is 0 Å². The summed E-state index contributed by atoms with van der Waals surface area (Å²) in [7, 11) is 0. The Morgan fingerprint density at radius 2 is 2.12 bits per heavy atom. The third-order valence-electron chi connectivity index (χ3n) is 2.65. The van der Waals surface area contributed by atoms with Crippen LogP contribution in [0.15, 0.2) is 0 Å². The van der Waals surface area contributed by atoms with E-state index in [1.165, 1.54) is 13.8 Å². The molecule has 1 fully saturated rings. The third kappa shape index (κ3) is 3.01. The van der Waals surface area contributed by atoms with Crippen molar-refractivity contribution in [3.8, 4) is 0 Å². The van der Waals surface area contributed by atoms with E-state index in [-0.39, 0.29) is 6.61 Å². The van der Waals surface area contributed by atoms with Crippen LogP contribution in [0.1, 0.15) is 20.3 Å². The van der Waals surface area contributed by atoms with Crippen molar-refractivity contribution < 1.29 is 32.9 Å². The number of rotatable bonds is 2. The molecule has 0 aromatic carbocycles. The molecule has 1 heterocycles. The third-order valence-corrected chi connectivity index (χ3v) is 2.65. The minimum Gasteiger partial charge on any atom is -0.465 e. The lowest BCUT2D eigenvalue weighted by atomic mass is 10.1. The van der Waals surface area contributed by atoms with E-state index in [4.69, 9.17) is 14.9 Å². The highest BCUT2D eigenvalue weighted by atomic mass is 19.4. The van der Waals surface area contributed by atoms with E-state index < -0.39 is 36.6 Å². The molecule has 0 radical (unpaired) electrons. The van der Waals surface area contributed by atoms with Gasteiger partial charge in [0.15, 0.2) is 6.10 Å². The summed E-state index contributed by atoms with van der Waals surface area (Å²) in [6.07, 6.45) is -9.39. The molecule has 0 aromatic rings. The largest absolute Gasteiger partial charge is 0.465 e. The lowest BCUT2D eigenvalue weighted by molar-refractivity contribution is -0.208. The summed E-state index contributed by atoms with van der Waals surface area (Å²) in [4.78, 5) is 11.7. The Hall–Kier alpha value is -1.02. The predicted molar refractivity (Wildman–Crippen MR) is 50.4 cm³/mol. The highest BCUT2D eigenvalue weighted by Gasteiger charge is 2.48. The molecule has 0 spiro atoms. The van der Waals surface area contributed by atoms with Crippen molar-refractivity contribution in [3.05, 3.63) is 0 Å². The minimum atomic E-state index is -4.75. The molecule has 17 heavy (non-hydrogen) atoms. The molecule has 2 unspecified atom stereocenters. The SMILES string of the molecule is CC1(C)OCC(CC(O)C(F)(F)F)N1C(=O)O. The number of ether oxygens (including phenoxy) is 1. The Balaban J connectivity index is 2.76. The summed E-state index contributed by atoms with van der Waals surface area (Å²) < 4.78 is 41.6. The fraction of sp³-hybridized carbons (Fsp3) is 0.889. The van der Waals surface area contributed by atoms with Crippen LogP contribution in [0.4, 0.5) is 18.0 Å². The molecule has 0 bridgehead atoms. The van der Waals surface area contributed by atoms with Crippen LogP contribution in [-0.4, -0.2) is 51.9 Å².